The lowest BCUT2D eigenvalue weighted by molar-refractivity contribution is -0.389. The molecule has 3 aromatic rings. The van der Waals surface area contributed by atoms with Crippen LogP contribution >= 0.6 is 11.6 Å². The highest BCUT2D eigenvalue weighted by Gasteiger charge is 2.60. The third kappa shape index (κ3) is 4.34. The lowest BCUT2D eigenvalue weighted by Gasteiger charge is -2.61. The van der Waals surface area contributed by atoms with Gasteiger partial charge in [0.25, 0.3) is 0 Å². The van der Waals surface area contributed by atoms with Gasteiger partial charge in [0.2, 0.25) is 5.91 Å². The molecule has 0 aliphatic heterocycles. The number of amides is 1. The number of hydrogen-bond acceptors (Lipinski definition) is 5. The molecule has 14 heteroatoms. The molecule has 2 aromatic heterocycles. The average molecular weight is 581 g/mol. The van der Waals surface area contributed by atoms with Crippen molar-refractivity contribution in [2.24, 2.45) is 17.3 Å². The highest BCUT2D eigenvalue weighted by molar-refractivity contribution is 6.33. The Balaban J connectivity index is 1.19. The molecule has 1 amide bonds. The van der Waals surface area contributed by atoms with Crippen molar-refractivity contribution < 1.29 is 27.3 Å². The molecule has 4 aliphatic carbocycles. The van der Waals surface area contributed by atoms with Gasteiger partial charge in [-0.05, 0) is 67.6 Å². The van der Waals surface area contributed by atoms with Crippen LogP contribution in [0.25, 0.3) is 0 Å². The molecule has 2 atom stereocenters. The van der Waals surface area contributed by atoms with E-state index in [4.69, 9.17) is 11.6 Å². The van der Waals surface area contributed by atoms with Crippen molar-refractivity contribution in [1.29, 1.82) is 0 Å². The van der Waals surface area contributed by atoms with E-state index < -0.39 is 45.8 Å². The van der Waals surface area contributed by atoms with Gasteiger partial charge in [-0.25, -0.2) is 17.6 Å². The molecule has 2 unspecified atom stereocenters. The summed E-state index contributed by atoms with van der Waals surface area (Å²) in [4.78, 5) is 24.1. The van der Waals surface area contributed by atoms with Crippen LogP contribution in [0, 0.1) is 57.6 Å². The highest BCUT2D eigenvalue weighted by atomic mass is 35.5. The lowest BCUT2D eigenvalue weighted by atomic mass is 9.46. The van der Waals surface area contributed by atoms with Crippen LogP contribution < -0.4 is 5.32 Å². The van der Waals surface area contributed by atoms with Crippen molar-refractivity contribution >= 4 is 29.0 Å². The molecule has 1 N–H and O–H groups in total. The second-order valence-electron chi connectivity index (χ2n) is 11.7. The van der Waals surface area contributed by atoms with Gasteiger partial charge in [0.05, 0.1) is 34.8 Å². The summed E-state index contributed by atoms with van der Waals surface area (Å²) in [5.74, 6) is -6.17. The van der Waals surface area contributed by atoms with E-state index in [9.17, 15) is 32.5 Å². The molecular weight excluding hydrogens is 556 g/mol. The van der Waals surface area contributed by atoms with Crippen LogP contribution in [0.3, 0.4) is 0 Å². The van der Waals surface area contributed by atoms with Crippen LogP contribution in [0.15, 0.2) is 18.5 Å². The maximum absolute atomic E-state index is 14.1. The number of halogens is 5. The zero-order valence-electron chi connectivity index (χ0n) is 21.4. The van der Waals surface area contributed by atoms with Crippen molar-refractivity contribution in [3.05, 3.63) is 68.1 Å². The van der Waals surface area contributed by atoms with Crippen LogP contribution in [0.5, 0.6) is 0 Å². The average Bonchev–Trinajstić information content (AvgIpc) is 3.43. The Bertz CT molecular complexity index is 1540. The second-order valence-corrected chi connectivity index (χ2v) is 12.1. The molecule has 0 radical (unpaired) electrons. The minimum atomic E-state index is -1.77. The Morgan fingerprint density at radius 1 is 1.18 bits per heavy atom. The fourth-order valence-electron chi connectivity index (χ4n) is 7.87. The summed E-state index contributed by atoms with van der Waals surface area (Å²) in [5.41, 5.74) is -0.611. The third-order valence-electron chi connectivity index (χ3n) is 8.78. The summed E-state index contributed by atoms with van der Waals surface area (Å²) in [7, 11) is 0. The van der Waals surface area contributed by atoms with Gasteiger partial charge < -0.3 is 15.4 Å². The minimum Gasteiger partial charge on any atom is -0.358 e. The maximum atomic E-state index is 14.1. The summed E-state index contributed by atoms with van der Waals surface area (Å²) in [6.45, 7) is 1.23. The lowest BCUT2D eigenvalue weighted by Crippen LogP contribution is -2.57. The van der Waals surface area contributed by atoms with E-state index in [1.807, 2.05) is 0 Å². The van der Waals surface area contributed by atoms with Crippen molar-refractivity contribution in [2.75, 3.05) is 5.32 Å². The first-order valence-corrected chi connectivity index (χ1v) is 13.3. The number of carbonyl (C=O) groups is 1. The van der Waals surface area contributed by atoms with Gasteiger partial charge in [0, 0.05) is 24.2 Å². The number of benzene rings is 1. The zero-order valence-corrected chi connectivity index (χ0v) is 22.2. The molecule has 40 heavy (non-hydrogen) atoms. The van der Waals surface area contributed by atoms with E-state index in [1.165, 1.54) is 12.4 Å². The van der Waals surface area contributed by atoms with Gasteiger partial charge in [0.1, 0.15) is 5.82 Å². The van der Waals surface area contributed by atoms with Crippen LogP contribution in [0.1, 0.15) is 56.2 Å². The Morgan fingerprint density at radius 3 is 2.52 bits per heavy atom. The molecule has 7 rings (SSSR count). The number of aromatic nitrogens is 4. The summed E-state index contributed by atoms with van der Waals surface area (Å²) in [6, 6.07) is 0.273. The number of anilines is 1. The largest absolute Gasteiger partial charge is 0.408 e. The van der Waals surface area contributed by atoms with Crippen molar-refractivity contribution in [2.45, 2.75) is 64.0 Å². The van der Waals surface area contributed by atoms with Crippen molar-refractivity contribution in [3.8, 4) is 0 Å². The molecule has 1 aromatic carbocycles. The fourth-order valence-corrected chi connectivity index (χ4v) is 8.06. The Labute approximate surface area is 230 Å². The van der Waals surface area contributed by atoms with Gasteiger partial charge in [-0.1, -0.05) is 11.6 Å². The molecule has 2 heterocycles. The number of hydrogen-bond donors (Lipinski definition) is 1. The molecule has 9 nitrogen and oxygen atoms in total. The number of nitrogens with one attached hydrogen (secondary N) is 1. The first-order chi connectivity index (χ1) is 18.9. The standard InChI is InChI=1S/C26H25ClF4N6O3/c1-13-21(27)24(37(39)40)34-36(13)26-6-14-2-15(7-26)5-25(4-14,12-26)8-20(38)33-16-9-32-35(10-16)11-17-18(28)3-19(29)23(31)22(17)30/h3,9-10,14-15H,2,4-8,11-12H2,1H3,(H,33,38). The zero-order chi connectivity index (χ0) is 28.6. The van der Waals surface area contributed by atoms with Gasteiger partial charge in [-0.2, -0.15) is 9.78 Å². The van der Waals surface area contributed by atoms with E-state index in [-0.39, 0.29) is 40.3 Å². The number of nitrogens with zero attached hydrogens (tertiary/aromatic N) is 5. The van der Waals surface area contributed by atoms with Gasteiger partial charge in [-0.3, -0.25) is 9.48 Å². The van der Waals surface area contributed by atoms with E-state index in [0.29, 0.717) is 24.0 Å². The highest BCUT2D eigenvalue weighted by Crippen LogP contribution is 2.65. The topological polar surface area (TPSA) is 108 Å². The molecule has 4 aliphatic rings. The molecule has 4 saturated carbocycles. The van der Waals surface area contributed by atoms with E-state index in [1.54, 1.807) is 11.6 Å². The molecule has 4 fully saturated rings. The molecule has 0 saturated heterocycles. The Hall–Kier alpha value is -3.48. The van der Waals surface area contributed by atoms with Gasteiger partial charge in [0.15, 0.2) is 22.5 Å². The summed E-state index contributed by atoms with van der Waals surface area (Å²) < 4.78 is 57.8. The smallest absolute Gasteiger partial charge is 0.358 e. The monoisotopic (exact) mass is 580 g/mol. The van der Waals surface area contributed by atoms with E-state index in [0.717, 1.165) is 36.8 Å². The van der Waals surface area contributed by atoms with Crippen molar-refractivity contribution in [3.63, 3.8) is 0 Å². The summed E-state index contributed by atoms with van der Waals surface area (Å²) in [5, 5.41) is 22.6. The number of nitro groups is 1. The molecule has 212 valence electrons. The molecule has 0 spiro atoms. The molecule has 4 bridgehead atoms. The van der Waals surface area contributed by atoms with Gasteiger partial charge >= 0.3 is 5.82 Å². The normalized spacial score (nSPS) is 26.9. The van der Waals surface area contributed by atoms with Crippen molar-refractivity contribution in [1.82, 2.24) is 19.6 Å². The quantitative estimate of drug-likeness (QED) is 0.123. The SMILES string of the molecule is Cc1c(Cl)c([N+](=O)[O-])nn1C12CC3CC(CC(CC(=O)Nc4cnn(Cc5c(F)cc(F)c(F)c5F)c4)(C3)C1)C2. The van der Waals surface area contributed by atoms with E-state index >= 15 is 0 Å². The van der Waals surface area contributed by atoms with Crippen LogP contribution in [-0.4, -0.2) is 30.4 Å². The first kappa shape index (κ1) is 26.7. The predicted octanol–water partition coefficient (Wildman–Crippen LogP) is 5.88. The summed E-state index contributed by atoms with van der Waals surface area (Å²) in [6.07, 6.45) is 7.95. The summed E-state index contributed by atoms with van der Waals surface area (Å²) >= 11 is 6.27. The second kappa shape index (κ2) is 9.28. The predicted molar refractivity (Wildman–Crippen MR) is 135 cm³/mol. The third-order valence-corrected chi connectivity index (χ3v) is 9.22. The molecular formula is C26H25ClF4N6O3. The number of carbonyl (C=O) groups excluding carboxylic acids is 1. The Kier molecular flexibility index (Phi) is 6.20. The van der Waals surface area contributed by atoms with E-state index in [2.05, 4.69) is 15.5 Å². The Morgan fingerprint density at radius 2 is 1.88 bits per heavy atom. The van der Waals surface area contributed by atoms with Crippen LogP contribution in [0.2, 0.25) is 5.02 Å². The van der Waals surface area contributed by atoms with Crippen LogP contribution in [-0.2, 0) is 16.9 Å². The minimum absolute atomic E-state index is 0.0349. The van der Waals surface area contributed by atoms with Crippen LogP contribution in [0.4, 0.5) is 29.1 Å². The number of rotatable bonds is 7. The first-order valence-electron chi connectivity index (χ1n) is 12.9. The maximum Gasteiger partial charge on any atom is 0.408 e. The fraction of sp³-hybridized carbons (Fsp3) is 0.500. The van der Waals surface area contributed by atoms with Gasteiger partial charge in [-0.15, -0.1) is 0 Å².